The standard InChI is InChI=1S/C11H13NO2/c1-7-5-11(13)9-4-3-8(14-2)6-10(9)12-7/h3-4,6-7,12H,5H2,1-2H3/t7-/m1/s1. The summed E-state index contributed by atoms with van der Waals surface area (Å²) in [6.07, 6.45) is 0.569. The molecule has 1 N–H and O–H groups in total. The zero-order valence-electron chi connectivity index (χ0n) is 8.33. The number of anilines is 1. The van der Waals surface area contributed by atoms with Crippen LogP contribution in [0.4, 0.5) is 5.69 Å². The first kappa shape index (κ1) is 9.06. The van der Waals surface area contributed by atoms with E-state index in [9.17, 15) is 4.79 Å². The lowest BCUT2D eigenvalue weighted by Crippen LogP contribution is -2.26. The molecule has 0 unspecified atom stereocenters. The Balaban J connectivity index is 2.44. The van der Waals surface area contributed by atoms with E-state index in [0.29, 0.717) is 6.42 Å². The Bertz CT molecular complexity index is 374. The van der Waals surface area contributed by atoms with Gasteiger partial charge in [-0.3, -0.25) is 4.79 Å². The van der Waals surface area contributed by atoms with Crippen molar-refractivity contribution < 1.29 is 9.53 Å². The Morgan fingerprint density at radius 3 is 3.00 bits per heavy atom. The third-order valence-corrected chi connectivity index (χ3v) is 2.42. The van der Waals surface area contributed by atoms with E-state index >= 15 is 0 Å². The summed E-state index contributed by atoms with van der Waals surface area (Å²) in [7, 11) is 1.62. The zero-order valence-corrected chi connectivity index (χ0v) is 8.33. The highest BCUT2D eigenvalue weighted by atomic mass is 16.5. The Hall–Kier alpha value is -1.51. The van der Waals surface area contributed by atoms with E-state index in [1.807, 2.05) is 25.1 Å². The molecular weight excluding hydrogens is 178 g/mol. The van der Waals surface area contributed by atoms with Gasteiger partial charge in [0.15, 0.2) is 5.78 Å². The average molecular weight is 191 g/mol. The first-order valence-corrected chi connectivity index (χ1v) is 4.68. The number of carbonyl (C=O) groups is 1. The summed E-state index contributed by atoms with van der Waals surface area (Å²) in [5, 5.41) is 3.26. The molecule has 1 aliphatic heterocycles. The predicted octanol–water partition coefficient (Wildman–Crippen LogP) is 2.08. The maximum Gasteiger partial charge on any atom is 0.166 e. The zero-order chi connectivity index (χ0) is 10.1. The lowest BCUT2D eigenvalue weighted by atomic mass is 9.97. The highest BCUT2D eigenvalue weighted by Crippen LogP contribution is 2.28. The largest absolute Gasteiger partial charge is 0.497 e. The number of methoxy groups -OCH3 is 1. The van der Waals surface area contributed by atoms with Crippen molar-refractivity contribution in [3.05, 3.63) is 23.8 Å². The second-order valence-corrected chi connectivity index (χ2v) is 3.58. The molecule has 0 saturated carbocycles. The molecule has 1 atom stereocenters. The van der Waals surface area contributed by atoms with Crippen LogP contribution in [0, 0.1) is 0 Å². The number of benzene rings is 1. The fourth-order valence-corrected chi connectivity index (χ4v) is 1.72. The molecule has 74 valence electrons. The molecule has 1 aromatic rings. The van der Waals surface area contributed by atoms with Crippen molar-refractivity contribution in [3.8, 4) is 5.75 Å². The SMILES string of the molecule is COc1ccc2c(c1)N[C@H](C)CC2=O. The molecule has 0 saturated heterocycles. The quantitative estimate of drug-likeness (QED) is 0.738. The molecule has 0 spiro atoms. The monoisotopic (exact) mass is 191 g/mol. The van der Waals surface area contributed by atoms with Crippen LogP contribution in [0.1, 0.15) is 23.7 Å². The third kappa shape index (κ3) is 1.45. The van der Waals surface area contributed by atoms with Gasteiger partial charge < -0.3 is 10.1 Å². The molecule has 0 radical (unpaired) electrons. The number of Topliss-reactive ketones (excluding diaryl/α,β-unsaturated/α-hetero) is 1. The summed E-state index contributed by atoms with van der Waals surface area (Å²) in [6.45, 7) is 2.00. The summed E-state index contributed by atoms with van der Waals surface area (Å²) in [5.41, 5.74) is 1.65. The fraction of sp³-hybridized carbons (Fsp3) is 0.364. The second kappa shape index (κ2) is 3.33. The van der Waals surface area contributed by atoms with Crippen LogP contribution in [0.3, 0.4) is 0 Å². The van der Waals surface area contributed by atoms with Crippen LogP contribution >= 0.6 is 0 Å². The Kier molecular flexibility index (Phi) is 2.15. The number of ketones is 1. The van der Waals surface area contributed by atoms with Crippen LogP contribution in [-0.2, 0) is 0 Å². The topological polar surface area (TPSA) is 38.3 Å². The van der Waals surface area contributed by atoms with Gasteiger partial charge in [-0.15, -0.1) is 0 Å². The van der Waals surface area contributed by atoms with E-state index in [-0.39, 0.29) is 11.8 Å². The number of fused-ring (bicyclic) bond motifs is 1. The molecule has 2 rings (SSSR count). The summed E-state index contributed by atoms with van der Waals surface area (Å²) in [5.74, 6) is 0.979. The van der Waals surface area contributed by atoms with Gasteiger partial charge >= 0.3 is 0 Å². The molecule has 0 aliphatic carbocycles. The lowest BCUT2D eigenvalue weighted by molar-refractivity contribution is 0.0974. The number of rotatable bonds is 1. The molecule has 3 nitrogen and oxygen atoms in total. The van der Waals surface area contributed by atoms with Crippen LogP contribution in [0.25, 0.3) is 0 Å². The van der Waals surface area contributed by atoms with Crippen LogP contribution < -0.4 is 10.1 Å². The molecular formula is C11H13NO2. The van der Waals surface area contributed by atoms with E-state index in [4.69, 9.17) is 4.74 Å². The van der Waals surface area contributed by atoms with Gasteiger partial charge in [0.1, 0.15) is 5.75 Å². The van der Waals surface area contributed by atoms with Crippen molar-refractivity contribution in [1.82, 2.24) is 0 Å². The van der Waals surface area contributed by atoms with Crippen molar-refractivity contribution in [3.63, 3.8) is 0 Å². The molecule has 3 heteroatoms. The number of hydrogen-bond acceptors (Lipinski definition) is 3. The molecule has 14 heavy (non-hydrogen) atoms. The summed E-state index contributed by atoms with van der Waals surface area (Å²) in [4.78, 5) is 11.6. The van der Waals surface area contributed by atoms with Crippen LogP contribution in [0.15, 0.2) is 18.2 Å². The number of nitrogens with one attached hydrogen (secondary N) is 1. The normalized spacial score (nSPS) is 19.9. The van der Waals surface area contributed by atoms with Crippen molar-refractivity contribution in [2.75, 3.05) is 12.4 Å². The minimum absolute atomic E-state index is 0.203. The van der Waals surface area contributed by atoms with Gasteiger partial charge in [-0.1, -0.05) is 0 Å². The van der Waals surface area contributed by atoms with Gasteiger partial charge in [-0.05, 0) is 19.1 Å². The maximum atomic E-state index is 11.6. The van der Waals surface area contributed by atoms with Crippen molar-refractivity contribution in [1.29, 1.82) is 0 Å². The summed E-state index contributed by atoms with van der Waals surface area (Å²) >= 11 is 0. The van der Waals surface area contributed by atoms with E-state index < -0.39 is 0 Å². The Morgan fingerprint density at radius 2 is 2.29 bits per heavy atom. The third-order valence-electron chi connectivity index (χ3n) is 2.42. The summed E-state index contributed by atoms with van der Waals surface area (Å²) < 4.78 is 5.10. The van der Waals surface area contributed by atoms with Gasteiger partial charge in [0.25, 0.3) is 0 Å². The van der Waals surface area contributed by atoms with Crippen molar-refractivity contribution in [2.45, 2.75) is 19.4 Å². The van der Waals surface area contributed by atoms with Gasteiger partial charge in [-0.25, -0.2) is 0 Å². The van der Waals surface area contributed by atoms with E-state index in [1.165, 1.54) is 0 Å². The van der Waals surface area contributed by atoms with E-state index in [1.54, 1.807) is 7.11 Å². The molecule has 0 amide bonds. The molecule has 1 aromatic carbocycles. The van der Waals surface area contributed by atoms with Gasteiger partial charge in [-0.2, -0.15) is 0 Å². The first-order chi connectivity index (χ1) is 6.70. The van der Waals surface area contributed by atoms with Crippen molar-refractivity contribution >= 4 is 11.5 Å². The average Bonchev–Trinajstić information content (AvgIpc) is 2.16. The van der Waals surface area contributed by atoms with Crippen LogP contribution in [0.5, 0.6) is 5.75 Å². The molecule has 1 heterocycles. The van der Waals surface area contributed by atoms with E-state index in [2.05, 4.69) is 5.32 Å². The second-order valence-electron chi connectivity index (χ2n) is 3.58. The first-order valence-electron chi connectivity index (χ1n) is 4.68. The van der Waals surface area contributed by atoms with E-state index in [0.717, 1.165) is 17.0 Å². The van der Waals surface area contributed by atoms with Gasteiger partial charge in [0, 0.05) is 29.8 Å². The lowest BCUT2D eigenvalue weighted by Gasteiger charge is -2.23. The maximum absolute atomic E-state index is 11.6. The summed E-state index contributed by atoms with van der Waals surface area (Å²) in [6, 6.07) is 5.70. The van der Waals surface area contributed by atoms with Gasteiger partial charge in [0.05, 0.1) is 7.11 Å². The minimum Gasteiger partial charge on any atom is -0.497 e. The molecule has 0 bridgehead atoms. The highest BCUT2D eigenvalue weighted by Gasteiger charge is 2.21. The fourth-order valence-electron chi connectivity index (χ4n) is 1.72. The molecule has 1 aliphatic rings. The Morgan fingerprint density at radius 1 is 1.50 bits per heavy atom. The van der Waals surface area contributed by atoms with Gasteiger partial charge in [0.2, 0.25) is 0 Å². The molecule has 0 aromatic heterocycles. The smallest absolute Gasteiger partial charge is 0.166 e. The van der Waals surface area contributed by atoms with Crippen LogP contribution in [-0.4, -0.2) is 18.9 Å². The van der Waals surface area contributed by atoms with Crippen LogP contribution in [0.2, 0.25) is 0 Å². The molecule has 0 fully saturated rings. The predicted molar refractivity (Wildman–Crippen MR) is 55.0 cm³/mol. The number of hydrogen-bond donors (Lipinski definition) is 1. The van der Waals surface area contributed by atoms with Crippen molar-refractivity contribution in [2.24, 2.45) is 0 Å². The number of carbonyl (C=O) groups excluding carboxylic acids is 1. The highest BCUT2D eigenvalue weighted by molar-refractivity contribution is 6.03. The number of ether oxygens (including phenoxy) is 1. The Labute approximate surface area is 83.1 Å². The minimum atomic E-state index is 0.203.